The molecule has 0 spiro atoms. The molecule has 1 aromatic carbocycles. The summed E-state index contributed by atoms with van der Waals surface area (Å²) >= 11 is 0. The summed E-state index contributed by atoms with van der Waals surface area (Å²) in [6.07, 6.45) is 3.78. The van der Waals surface area contributed by atoms with Crippen LogP contribution >= 0.6 is 0 Å². The highest BCUT2D eigenvalue weighted by atomic mass is 16.3. The highest BCUT2D eigenvalue weighted by Gasteiger charge is 2.31. The first-order valence-corrected chi connectivity index (χ1v) is 8.87. The molecule has 1 aliphatic rings. The monoisotopic (exact) mass is 332 g/mol. The molecule has 4 atom stereocenters. The third-order valence-corrected chi connectivity index (χ3v) is 4.88. The Morgan fingerprint density at radius 2 is 1.88 bits per heavy atom. The number of aliphatic hydroxyl groups excluding tert-OH is 1. The predicted molar refractivity (Wildman–Crippen MR) is 93.6 cm³/mol. The van der Waals surface area contributed by atoms with Crippen LogP contribution in [0.1, 0.15) is 56.3 Å². The number of rotatable bonds is 6. The van der Waals surface area contributed by atoms with E-state index in [1.807, 2.05) is 19.9 Å². The van der Waals surface area contributed by atoms with Gasteiger partial charge in [-0.3, -0.25) is 9.59 Å². The lowest BCUT2D eigenvalue weighted by Gasteiger charge is -2.31. The van der Waals surface area contributed by atoms with Crippen molar-refractivity contribution in [3.05, 3.63) is 35.9 Å². The van der Waals surface area contributed by atoms with E-state index in [0.717, 1.165) is 32.1 Å². The Bertz CT molecular complexity index is 547. The summed E-state index contributed by atoms with van der Waals surface area (Å²) in [4.78, 5) is 25.1. The first-order chi connectivity index (χ1) is 11.5. The predicted octanol–water partition coefficient (Wildman–Crippen LogP) is 2.25. The van der Waals surface area contributed by atoms with E-state index < -0.39 is 12.1 Å². The molecule has 0 aromatic heterocycles. The third-order valence-electron chi connectivity index (χ3n) is 4.88. The normalized spacial score (nSPS) is 23.1. The summed E-state index contributed by atoms with van der Waals surface area (Å²) in [5.74, 6) is -0.446. The van der Waals surface area contributed by atoms with Gasteiger partial charge in [-0.05, 0) is 30.9 Å². The van der Waals surface area contributed by atoms with Crippen LogP contribution in [-0.2, 0) is 4.79 Å². The average Bonchev–Trinajstić information content (AvgIpc) is 2.61. The van der Waals surface area contributed by atoms with Crippen molar-refractivity contribution in [1.82, 2.24) is 10.6 Å². The van der Waals surface area contributed by atoms with Gasteiger partial charge < -0.3 is 15.7 Å². The van der Waals surface area contributed by atoms with Crippen LogP contribution in [0.25, 0.3) is 0 Å². The molecule has 0 heterocycles. The lowest BCUT2D eigenvalue weighted by molar-refractivity contribution is -0.126. The van der Waals surface area contributed by atoms with Gasteiger partial charge in [-0.2, -0.15) is 0 Å². The van der Waals surface area contributed by atoms with E-state index in [4.69, 9.17) is 0 Å². The number of amides is 2. The molecule has 0 bridgehead atoms. The SMILES string of the molecule is CCC(C)C(NC(=O)c1ccccc1)C(=O)NC1CCCCC1O. The molecule has 2 amide bonds. The standard InChI is InChI=1S/C19H28N2O3/c1-3-13(2)17(21-18(23)14-9-5-4-6-10-14)19(24)20-15-11-7-8-12-16(15)22/h4-6,9-10,13,15-17,22H,3,7-8,11-12H2,1-2H3,(H,20,24)(H,21,23). The second kappa shape index (κ2) is 8.83. The molecule has 0 saturated heterocycles. The fourth-order valence-corrected chi connectivity index (χ4v) is 3.07. The molecular formula is C19H28N2O3. The van der Waals surface area contributed by atoms with Crippen LogP contribution in [0.2, 0.25) is 0 Å². The van der Waals surface area contributed by atoms with Crippen LogP contribution < -0.4 is 10.6 Å². The highest BCUT2D eigenvalue weighted by Crippen LogP contribution is 2.19. The van der Waals surface area contributed by atoms with Gasteiger partial charge in [-0.15, -0.1) is 0 Å². The van der Waals surface area contributed by atoms with Gasteiger partial charge in [0.1, 0.15) is 6.04 Å². The lowest BCUT2D eigenvalue weighted by atomic mass is 9.91. The molecule has 1 aromatic rings. The van der Waals surface area contributed by atoms with E-state index in [0.29, 0.717) is 5.56 Å². The summed E-state index contributed by atoms with van der Waals surface area (Å²) in [5.41, 5.74) is 0.538. The summed E-state index contributed by atoms with van der Waals surface area (Å²) in [6.45, 7) is 3.95. The topological polar surface area (TPSA) is 78.4 Å². The van der Waals surface area contributed by atoms with Crippen LogP contribution in [0.15, 0.2) is 30.3 Å². The maximum atomic E-state index is 12.7. The quantitative estimate of drug-likeness (QED) is 0.747. The number of aliphatic hydroxyl groups is 1. The van der Waals surface area contributed by atoms with E-state index in [1.165, 1.54) is 0 Å². The smallest absolute Gasteiger partial charge is 0.251 e. The second-order valence-electron chi connectivity index (χ2n) is 6.67. The Kier molecular flexibility index (Phi) is 6.79. The molecule has 1 fully saturated rings. The number of carbonyl (C=O) groups excluding carboxylic acids is 2. The molecule has 1 aliphatic carbocycles. The number of hydrogen-bond donors (Lipinski definition) is 3. The Morgan fingerprint density at radius 1 is 1.21 bits per heavy atom. The number of nitrogens with one attached hydrogen (secondary N) is 2. The van der Waals surface area contributed by atoms with Gasteiger partial charge in [0, 0.05) is 5.56 Å². The van der Waals surface area contributed by atoms with Gasteiger partial charge in [-0.1, -0.05) is 51.3 Å². The molecule has 1 saturated carbocycles. The maximum absolute atomic E-state index is 12.7. The molecule has 0 radical (unpaired) electrons. The molecule has 5 heteroatoms. The van der Waals surface area contributed by atoms with Gasteiger partial charge in [0.15, 0.2) is 0 Å². The summed E-state index contributed by atoms with van der Waals surface area (Å²) in [5, 5.41) is 15.8. The summed E-state index contributed by atoms with van der Waals surface area (Å²) in [7, 11) is 0. The van der Waals surface area contributed by atoms with Crippen LogP contribution in [0, 0.1) is 5.92 Å². The Labute approximate surface area is 143 Å². The molecule has 0 aliphatic heterocycles. The van der Waals surface area contributed by atoms with E-state index in [1.54, 1.807) is 24.3 Å². The molecule has 132 valence electrons. The van der Waals surface area contributed by atoms with Crippen molar-refractivity contribution in [2.45, 2.75) is 64.1 Å². The Morgan fingerprint density at radius 3 is 2.50 bits per heavy atom. The third kappa shape index (κ3) is 4.81. The van der Waals surface area contributed by atoms with E-state index in [2.05, 4.69) is 10.6 Å². The van der Waals surface area contributed by atoms with Gasteiger partial charge in [0.05, 0.1) is 12.1 Å². The van der Waals surface area contributed by atoms with E-state index >= 15 is 0 Å². The minimum absolute atomic E-state index is 0.0124. The zero-order chi connectivity index (χ0) is 17.5. The van der Waals surface area contributed by atoms with Crippen LogP contribution in [0.5, 0.6) is 0 Å². The van der Waals surface area contributed by atoms with Crippen LogP contribution in [-0.4, -0.2) is 35.1 Å². The van der Waals surface area contributed by atoms with E-state index in [-0.39, 0.29) is 23.8 Å². The first kappa shape index (κ1) is 18.5. The molecular weight excluding hydrogens is 304 g/mol. The van der Waals surface area contributed by atoms with Gasteiger partial charge in [0.25, 0.3) is 5.91 Å². The minimum atomic E-state index is -0.600. The first-order valence-electron chi connectivity index (χ1n) is 8.87. The zero-order valence-corrected chi connectivity index (χ0v) is 14.5. The number of carbonyl (C=O) groups is 2. The summed E-state index contributed by atoms with van der Waals surface area (Å²) in [6, 6.07) is 8.08. The van der Waals surface area contributed by atoms with Crippen LogP contribution in [0.3, 0.4) is 0 Å². The van der Waals surface area contributed by atoms with Crippen molar-refractivity contribution < 1.29 is 14.7 Å². The number of hydrogen-bond acceptors (Lipinski definition) is 3. The van der Waals surface area contributed by atoms with Crippen molar-refractivity contribution in [2.75, 3.05) is 0 Å². The largest absolute Gasteiger partial charge is 0.391 e. The zero-order valence-electron chi connectivity index (χ0n) is 14.5. The maximum Gasteiger partial charge on any atom is 0.251 e. The van der Waals surface area contributed by atoms with Crippen molar-refractivity contribution >= 4 is 11.8 Å². The summed E-state index contributed by atoms with van der Waals surface area (Å²) < 4.78 is 0. The second-order valence-corrected chi connectivity index (χ2v) is 6.67. The van der Waals surface area contributed by atoms with Gasteiger partial charge in [-0.25, -0.2) is 0 Å². The van der Waals surface area contributed by atoms with Gasteiger partial charge >= 0.3 is 0 Å². The Balaban J connectivity index is 2.04. The van der Waals surface area contributed by atoms with Gasteiger partial charge in [0.2, 0.25) is 5.91 Å². The highest BCUT2D eigenvalue weighted by molar-refractivity contribution is 5.97. The molecule has 24 heavy (non-hydrogen) atoms. The fourth-order valence-electron chi connectivity index (χ4n) is 3.07. The number of benzene rings is 1. The molecule has 2 rings (SSSR count). The average molecular weight is 332 g/mol. The van der Waals surface area contributed by atoms with Crippen molar-refractivity contribution in [3.63, 3.8) is 0 Å². The molecule has 5 nitrogen and oxygen atoms in total. The van der Waals surface area contributed by atoms with E-state index in [9.17, 15) is 14.7 Å². The van der Waals surface area contributed by atoms with Crippen molar-refractivity contribution in [1.29, 1.82) is 0 Å². The molecule has 3 N–H and O–H groups in total. The van der Waals surface area contributed by atoms with Crippen LogP contribution in [0.4, 0.5) is 0 Å². The lowest BCUT2D eigenvalue weighted by Crippen LogP contribution is -2.55. The van der Waals surface area contributed by atoms with Crippen molar-refractivity contribution in [3.8, 4) is 0 Å². The molecule has 4 unspecified atom stereocenters. The minimum Gasteiger partial charge on any atom is -0.391 e. The van der Waals surface area contributed by atoms with Crippen molar-refractivity contribution in [2.24, 2.45) is 5.92 Å². The Hall–Kier alpha value is -1.88. The fraction of sp³-hybridized carbons (Fsp3) is 0.579.